The number of carbonyl (C=O) groups is 2. The minimum absolute atomic E-state index is 0.319. The third-order valence-electron chi connectivity index (χ3n) is 1.35. The number of hydrogen-bond donors (Lipinski definition) is 0. The van der Waals surface area contributed by atoms with Gasteiger partial charge in [0.15, 0.2) is 6.29 Å². The Balaban J connectivity index is 2.67. The molecule has 1 aliphatic carbocycles. The van der Waals surface area contributed by atoms with E-state index in [0.29, 0.717) is 6.29 Å². The molecule has 56 valence electrons. The van der Waals surface area contributed by atoms with Gasteiger partial charge in [0.2, 0.25) is 5.78 Å². The zero-order valence-corrected chi connectivity index (χ0v) is 5.99. The Labute approximate surface area is 64.9 Å². The van der Waals surface area contributed by atoms with E-state index in [1.54, 1.807) is 0 Å². The topological polar surface area (TPSA) is 34.1 Å². The number of hydrogen-bond acceptors (Lipinski definition) is 2. The Morgan fingerprint density at radius 2 is 2.27 bits per heavy atom. The Bertz CT molecular complexity index is 257. The second-order valence-corrected chi connectivity index (χ2v) is 2.23. The smallest absolute Gasteiger partial charge is 0.218 e. The van der Waals surface area contributed by atoms with Gasteiger partial charge < -0.3 is 0 Å². The van der Waals surface area contributed by atoms with Gasteiger partial charge in [-0.05, 0) is 18.1 Å². The van der Waals surface area contributed by atoms with Crippen molar-refractivity contribution < 1.29 is 9.59 Å². The van der Waals surface area contributed by atoms with Crippen molar-refractivity contribution in [3.05, 3.63) is 36.0 Å². The largest absolute Gasteiger partial charge is 0.294 e. The van der Waals surface area contributed by atoms with Gasteiger partial charge in [0, 0.05) is 0 Å². The van der Waals surface area contributed by atoms with Gasteiger partial charge in [-0.3, -0.25) is 9.59 Å². The molecule has 11 heavy (non-hydrogen) atoms. The lowest BCUT2D eigenvalue weighted by Crippen LogP contribution is -1.94. The third kappa shape index (κ3) is 2.34. The summed E-state index contributed by atoms with van der Waals surface area (Å²) in [5.74, 6) is -0.472. The van der Waals surface area contributed by atoms with Crippen LogP contribution in [0.1, 0.15) is 6.42 Å². The maximum atomic E-state index is 10.6. The fraction of sp³-hybridized carbons (Fsp3) is 0.111. The molecule has 0 saturated heterocycles. The summed E-state index contributed by atoms with van der Waals surface area (Å²) in [6.45, 7) is 0. The summed E-state index contributed by atoms with van der Waals surface area (Å²) < 4.78 is 0. The van der Waals surface area contributed by atoms with Crippen molar-refractivity contribution in [1.29, 1.82) is 0 Å². The molecule has 0 aromatic heterocycles. The van der Waals surface area contributed by atoms with Crippen LogP contribution < -0.4 is 0 Å². The van der Waals surface area contributed by atoms with E-state index in [1.807, 2.05) is 24.3 Å². The van der Waals surface area contributed by atoms with Crippen LogP contribution in [0.5, 0.6) is 0 Å². The zero-order valence-electron chi connectivity index (χ0n) is 5.99. The lowest BCUT2D eigenvalue weighted by atomic mass is 10.1. The van der Waals surface area contributed by atoms with Gasteiger partial charge in [0.25, 0.3) is 0 Å². The standard InChI is InChI=1S/C9H8O2/c10-7-9(11)6-8-4-2-1-3-5-8/h1-4,6-7H,5H2. The minimum Gasteiger partial charge on any atom is -0.294 e. The molecule has 1 aliphatic rings. The molecule has 0 aliphatic heterocycles. The molecule has 0 unspecified atom stereocenters. The van der Waals surface area contributed by atoms with E-state index in [0.717, 1.165) is 12.0 Å². The molecule has 0 atom stereocenters. The Kier molecular flexibility index (Phi) is 2.55. The van der Waals surface area contributed by atoms with E-state index in [2.05, 4.69) is 0 Å². The molecule has 0 aromatic rings. The molecule has 0 spiro atoms. The second kappa shape index (κ2) is 3.66. The SMILES string of the molecule is O=CC(=O)C=C1C=CC=CC1. The highest BCUT2D eigenvalue weighted by molar-refractivity contribution is 6.30. The number of rotatable bonds is 2. The fourth-order valence-corrected chi connectivity index (χ4v) is 0.854. The maximum Gasteiger partial charge on any atom is 0.218 e. The molecule has 0 radical (unpaired) electrons. The Hall–Kier alpha value is -1.44. The molecule has 0 aromatic carbocycles. The normalized spacial score (nSPS) is 18.7. The van der Waals surface area contributed by atoms with Crippen LogP contribution in [0, 0.1) is 0 Å². The van der Waals surface area contributed by atoms with Crippen molar-refractivity contribution in [2.75, 3.05) is 0 Å². The summed E-state index contributed by atoms with van der Waals surface area (Å²) >= 11 is 0. The summed E-state index contributed by atoms with van der Waals surface area (Å²) in [6.07, 6.45) is 9.91. The van der Waals surface area contributed by atoms with Crippen molar-refractivity contribution in [3.8, 4) is 0 Å². The van der Waals surface area contributed by atoms with E-state index < -0.39 is 5.78 Å². The molecule has 0 amide bonds. The summed E-state index contributed by atoms with van der Waals surface area (Å²) in [4.78, 5) is 20.5. The summed E-state index contributed by atoms with van der Waals surface area (Å²) in [5.41, 5.74) is 0.879. The van der Waals surface area contributed by atoms with Crippen LogP contribution >= 0.6 is 0 Å². The highest BCUT2D eigenvalue weighted by atomic mass is 16.2. The zero-order chi connectivity index (χ0) is 8.10. The van der Waals surface area contributed by atoms with E-state index in [-0.39, 0.29) is 0 Å². The molecule has 1 rings (SSSR count). The summed E-state index contributed by atoms with van der Waals surface area (Å²) in [6, 6.07) is 0. The first-order valence-electron chi connectivity index (χ1n) is 3.36. The van der Waals surface area contributed by atoms with Crippen LogP contribution in [0.4, 0.5) is 0 Å². The average molecular weight is 148 g/mol. The number of allylic oxidation sites excluding steroid dienone is 6. The van der Waals surface area contributed by atoms with Crippen LogP contribution in [0.15, 0.2) is 36.0 Å². The molecule has 2 nitrogen and oxygen atoms in total. The van der Waals surface area contributed by atoms with E-state index in [4.69, 9.17) is 0 Å². The van der Waals surface area contributed by atoms with Gasteiger partial charge in [-0.2, -0.15) is 0 Å². The van der Waals surface area contributed by atoms with Crippen molar-refractivity contribution in [1.82, 2.24) is 0 Å². The fourth-order valence-electron chi connectivity index (χ4n) is 0.854. The van der Waals surface area contributed by atoms with Crippen molar-refractivity contribution in [2.24, 2.45) is 0 Å². The van der Waals surface area contributed by atoms with E-state index in [9.17, 15) is 9.59 Å². The Morgan fingerprint density at radius 1 is 1.45 bits per heavy atom. The van der Waals surface area contributed by atoms with Crippen molar-refractivity contribution in [3.63, 3.8) is 0 Å². The van der Waals surface area contributed by atoms with E-state index in [1.165, 1.54) is 6.08 Å². The highest BCUT2D eigenvalue weighted by Crippen LogP contribution is 2.08. The van der Waals surface area contributed by atoms with Crippen LogP contribution in [0.3, 0.4) is 0 Å². The second-order valence-electron chi connectivity index (χ2n) is 2.23. The monoisotopic (exact) mass is 148 g/mol. The minimum atomic E-state index is -0.472. The van der Waals surface area contributed by atoms with Gasteiger partial charge >= 0.3 is 0 Å². The summed E-state index contributed by atoms with van der Waals surface area (Å²) in [7, 11) is 0. The van der Waals surface area contributed by atoms with Crippen molar-refractivity contribution >= 4 is 12.1 Å². The number of aldehydes is 1. The predicted molar refractivity (Wildman–Crippen MR) is 42.1 cm³/mol. The molecular formula is C9H8O2. The predicted octanol–water partition coefficient (Wildman–Crippen LogP) is 1.20. The lowest BCUT2D eigenvalue weighted by Gasteiger charge is -1.98. The van der Waals surface area contributed by atoms with Crippen LogP contribution in [0.2, 0.25) is 0 Å². The Morgan fingerprint density at radius 3 is 2.82 bits per heavy atom. The molecule has 2 heteroatoms. The summed E-state index contributed by atoms with van der Waals surface area (Å²) in [5, 5.41) is 0. The van der Waals surface area contributed by atoms with Gasteiger partial charge in [-0.25, -0.2) is 0 Å². The van der Waals surface area contributed by atoms with Gasteiger partial charge in [0.1, 0.15) is 0 Å². The number of ketones is 1. The average Bonchev–Trinajstić information content (AvgIpc) is 2.06. The molecule has 0 saturated carbocycles. The van der Waals surface area contributed by atoms with Gasteiger partial charge in [0.05, 0.1) is 0 Å². The number of carbonyl (C=O) groups excluding carboxylic acids is 2. The van der Waals surface area contributed by atoms with Gasteiger partial charge in [-0.1, -0.05) is 24.3 Å². The quantitative estimate of drug-likeness (QED) is 0.335. The first-order chi connectivity index (χ1) is 5.33. The first kappa shape index (κ1) is 7.66. The molecular weight excluding hydrogens is 140 g/mol. The third-order valence-corrected chi connectivity index (χ3v) is 1.35. The van der Waals surface area contributed by atoms with Crippen molar-refractivity contribution in [2.45, 2.75) is 6.42 Å². The van der Waals surface area contributed by atoms with Gasteiger partial charge in [-0.15, -0.1) is 0 Å². The highest BCUT2D eigenvalue weighted by Gasteiger charge is 1.97. The molecule has 0 fully saturated rings. The first-order valence-corrected chi connectivity index (χ1v) is 3.36. The van der Waals surface area contributed by atoms with Crippen LogP contribution in [0.25, 0.3) is 0 Å². The lowest BCUT2D eigenvalue weighted by molar-refractivity contribution is -0.126. The van der Waals surface area contributed by atoms with Crippen LogP contribution in [-0.2, 0) is 9.59 Å². The molecule has 0 heterocycles. The molecule has 0 bridgehead atoms. The molecule has 0 N–H and O–H groups in total. The van der Waals surface area contributed by atoms with Crippen LogP contribution in [-0.4, -0.2) is 12.1 Å². The van der Waals surface area contributed by atoms with E-state index >= 15 is 0 Å². The maximum absolute atomic E-state index is 10.6.